The summed E-state index contributed by atoms with van der Waals surface area (Å²) in [5.74, 6) is 1.03. The second-order valence-corrected chi connectivity index (χ2v) is 4.49. The largest absolute Gasteiger partial charge is 0.357 e. The molecule has 0 aliphatic rings. The summed E-state index contributed by atoms with van der Waals surface area (Å²) in [6.07, 6.45) is 1.30. The number of hydrogen-bond donors (Lipinski definition) is 0. The molecule has 0 saturated carbocycles. The molecule has 2 aromatic rings. The van der Waals surface area contributed by atoms with Gasteiger partial charge in [0.1, 0.15) is 5.82 Å². The van der Waals surface area contributed by atoms with Gasteiger partial charge >= 0.3 is 0 Å². The quantitative estimate of drug-likeness (QED) is 0.818. The van der Waals surface area contributed by atoms with Crippen LogP contribution in [0.15, 0.2) is 30.3 Å². The van der Waals surface area contributed by atoms with Crippen LogP contribution in [-0.4, -0.2) is 18.1 Å². The molecule has 0 bridgehead atoms. The van der Waals surface area contributed by atoms with E-state index in [2.05, 4.69) is 36.9 Å². The van der Waals surface area contributed by atoms with Gasteiger partial charge in [-0.15, -0.1) is 0 Å². The molecule has 19 heavy (non-hydrogen) atoms. The van der Waals surface area contributed by atoms with Crippen molar-refractivity contribution in [2.24, 2.45) is 0 Å². The zero-order valence-electron chi connectivity index (χ0n) is 11.6. The SMILES string of the molecule is CCN(CC)c1nc2ccccc2cc1CCC#N. The third-order valence-corrected chi connectivity index (χ3v) is 3.35. The van der Waals surface area contributed by atoms with E-state index < -0.39 is 0 Å². The third kappa shape index (κ3) is 2.85. The Kier molecular flexibility index (Phi) is 4.35. The lowest BCUT2D eigenvalue weighted by Gasteiger charge is -2.23. The van der Waals surface area contributed by atoms with Gasteiger partial charge in [0.15, 0.2) is 0 Å². The van der Waals surface area contributed by atoms with Crippen LogP contribution in [0.4, 0.5) is 5.82 Å². The Balaban J connectivity index is 2.53. The van der Waals surface area contributed by atoms with Gasteiger partial charge in [0.25, 0.3) is 0 Å². The summed E-state index contributed by atoms with van der Waals surface area (Å²) in [6, 6.07) is 12.5. The number of anilines is 1. The first-order chi connectivity index (χ1) is 9.30. The Bertz CT molecular complexity index is 594. The third-order valence-electron chi connectivity index (χ3n) is 3.35. The highest BCUT2D eigenvalue weighted by molar-refractivity contribution is 5.81. The molecule has 98 valence electrons. The lowest BCUT2D eigenvalue weighted by atomic mass is 10.1. The van der Waals surface area contributed by atoms with Crippen molar-refractivity contribution in [1.82, 2.24) is 4.98 Å². The predicted octanol–water partition coefficient (Wildman–Crippen LogP) is 3.54. The van der Waals surface area contributed by atoms with Gasteiger partial charge in [-0.1, -0.05) is 18.2 Å². The first kappa shape index (κ1) is 13.4. The molecular formula is C16H19N3. The number of rotatable bonds is 5. The average molecular weight is 253 g/mol. The zero-order chi connectivity index (χ0) is 13.7. The first-order valence-electron chi connectivity index (χ1n) is 6.80. The Hall–Kier alpha value is -2.08. The number of nitrogens with zero attached hydrogens (tertiary/aromatic N) is 3. The highest BCUT2D eigenvalue weighted by Gasteiger charge is 2.11. The van der Waals surface area contributed by atoms with Gasteiger partial charge in [-0.3, -0.25) is 0 Å². The maximum absolute atomic E-state index is 8.80. The van der Waals surface area contributed by atoms with Gasteiger partial charge in [-0.2, -0.15) is 5.26 Å². The van der Waals surface area contributed by atoms with Crippen LogP contribution in [0.2, 0.25) is 0 Å². The first-order valence-corrected chi connectivity index (χ1v) is 6.80. The molecular weight excluding hydrogens is 234 g/mol. The number of nitriles is 1. The van der Waals surface area contributed by atoms with Crippen LogP contribution in [0.3, 0.4) is 0 Å². The van der Waals surface area contributed by atoms with E-state index >= 15 is 0 Å². The molecule has 0 radical (unpaired) electrons. The molecule has 0 aliphatic heterocycles. The molecule has 1 aromatic carbocycles. The molecule has 0 aliphatic carbocycles. The molecule has 0 amide bonds. The molecule has 0 N–H and O–H groups in total. The van der Waals surface area contributed by atoms with Crippen LogP contribution in [0, 0.1) is 11.3 Å². The number of aryl methyl sites for hydroxylation is 1. The molecule has 0 saturated heterocycles. The Labute approximate surface area is 114 Å². The fourth-order valence-electron chi connectivity index (χ4n) is 2.32. The number of benzene rings is 1. The standard InChI is InChI=1S/C16H19N3/c1-3-19(4-2)16-14(9-7-11-17)12-13-8-5-6-10-15(13)18-16/h5-6,8,10,12H,3-4,7,9H2,1-2H3. The van der Waals surface area contributed by atoms with Crippen molar-refractivity contribution in [2.45, 2.75) is 26.7 Å². The fraction of sp³-hybridized carbons (Fsp3) is 0.375. The van der Waals surface area contributed by atoms with Gasteiger partial charge in [-0.25, -0.2) is 4.98 Å². The molecule has 0 unspecified atom stereocenters. The topological polar surface area (TPSA) is 39.9 Å². The Morgan fingerprint density at radius 3 is 2.63 bits per heavy atom. The van der Waals surface area contributed by atoms with Crippen LogP contribution in [-0.2, 0) is 6.42 Å². The van der Waals surface area contributed by atoms with Gasteiger partial charge in [0, 0.05) is 24.9 Å². The van der Waals surface area contributed by atoms with Crippen LogP contribution < -0.4 is 4.90 Å². The molecule has 3 heteroatoms. The van der Waals surface area contributed by atoms with E-state index in [0.29, 0.717) is 6.42 Å². The van der Waals surface area contributed by atoms with Crippen LogP contribution in [0.25, 0.3) is 10.9 Å². The minimum absolute atomic E-state index is 0.536. The Morgan fingerprint density at radius 1 is 1.21 bits per heavy atom. The smallest absolute Gasteiger partial charge is 0.132 e. The molecule has 1 heterocycles. The van der Waals surface area contributed by atoms with Crippen molar-refractivity contribution in [1.29, 1.82) is 5.26 Å². The summed E-state index contributed by atoms with van der Waals surface area (Å²) < 4.78 is 0. The summed E-state index contributed by atoms with van der Waals surface area (Å²) in [6.45, 7) is 6.13. The van der Waals surface area contributed by atoms with Gasteiger partial charge in [0.05, 0.1) is 11.6 Å². The van der Waals surface area contributed by atoms with Crippen molar-refractivity contribution in [3.8, 4) is 6.07 Å². The fourth-order valence-corrected chi connectivity index (χ4v) is 2.32. The van der Waals surface area contributed by atoms with Crippen LogP contribution >= 0.6 is 0 Å². The number of hydrogen-bond acceptors (Lipinski definition) is 3. The molecule has 0 fully saturated rings. The minimum Gasteiger partial charge on any atom is -0.357 e. The zero-order valence-corrected chi connectivity index (χ0v) is 11.6. The molecule has 2 rings (SSSR count). The van der Waals surface area contributed by atoms with Crippen molar-refractivity contribution in [3.63, 3.8) is 0 Å². The maximum Gasteiger partial charge on any atom is 0.132 e. The van der Waals surface area contributed by atoms with E-state index in [1.165, 1.54) is 5.56 Å². The predicted molar refractivity (Wildman–Crippen MR) is 79.2 cm³/mol. The summed E-state index contributed by atoms with van der Waals surface area (Å²) in [5.41, 5.74) is 2.19. The summed E-state index contributed by atoms with van der Waals surface area (Å²) >= 11 is 0. The van der Waals surface area contributed by atoms with Gasteiger partial charge in [0.2, 0.25) is 0 Å². The highest BCUT2D eigenvalue weighted by atomic mass is 15.2. The molecule has 1 aromatic heterocycles. The van der Waals surface area contributed by atoms with E-state index in [0.717, 1.165) is 36.2 Å². The Morgan fingerprint density at radius 2 is 1.95 bits per heavy atom. The number of fused-ring (bicyclic) bond motifs is 1. The molecule has 0 spiro atoms. The summed E-state index contributed by atoms with van der Waals surface area (Å²) in [7, 11) is 0. The van der Waals surface area contributed by atoms with E-state index in [1.54, 1.807) is 0 Å². The van der Waals surface area contributed by atoms with Crippen molar-refractivity contribution < 1.29 is 0 Å². The summed E-state index contributed by atoms with van der Waals surface area (Å²) in [5, 5.41) is 9.95. The molecule has 3 nitrogen and oxygen atoms in total. The van der Waals surface area contributed by atoms with Crippen LogP contribution in [0.5, 0.6) is 0 Å². The van der Waals surface area contributed by atoms with Crippen molar-refractivity contribution >= 4 is 16.7 Å². The second kappa shape index (κ2) is 6.19. The van der Waals surface area contributed by atoms with E-state index in [-0.39, 0.29) is 0 Å². The monoisotopic (exact) mass is 253 g/mol. The highest BCUT2D eigenvalue weighted by Crippen LogP contribution is 2.24. The van der Waals surface area contributed by atoms with Crippen molar-refractivity contribution in [3.05, 3.63) is 35.9 Å². The van der Waals surface area contributed by atoms with E-state index in [9.17, 15) is 0 Å². The summed E-state index contributed by atoms with van der Waals surface area (Å²) in [4.78, 5) is 7.04. The van der Waals surface area contributed by atoms with E-state index in [1.807, 2.05) is 18.2 Å². The van der Waals surface area contributed by atoms with E-state index in [4.69, 9.17) is 10.2 Å². The molecule has 0 atom stereocenters. The number of para-hydroxylation sites is 1. The van der Waals surface area contributed by atoms with Gasteiger partial charge < -0.3 is 4.90 Å². The number of pyridine rings is 1. The number of aromatic nitrogens is 1. The minimum atomic E-state index is 0.536. The van der Waals surface area contributed by atoms with Crippen molar-refractivity contribution in [2.75, 3.05) is 18.0 Å². The second-order valence-electron chi connectivity index (χ2n) is 4.49. The van der Waals surface area contributed by atoms with Gasteiger partial charge in [-0.05, 0) is 38.0 Å². The lowest BCUT2D eigenvalue weighted by molar-refractivity contribution is 0.833. The lowest BCUT2D eigenvalue weighted by Crippen LogP contribution is -2.24. The normalized spacial score (nSPS) is 10.4. The van der Waals surface area contributed by atoms with Crippen LogP contribution in [0.1, 0.15) is 25.8 Å². The maximum atomic E-state index is 8.80. The average Bonchev–Trinajstić information content (AvgIpc) is 2.46.